The van der Waals surface area contributed by atoms with Crippen molar-refractivity contribution in [1.29, 1.82) is 0 Å². The molecule has 4 aliphatic heterocycles. The number of rotatable bonds is 4. The summed E-state index contributed by atoms with van der Waals surface area (Å²) in [6.45, 7) is 13.1. The van der Waals surface area contributed by atoms with Crippen LogP contribution < -0.4 is 5.32 Å². The second-order valence-corrected chi connectivity index (χ2v) is 10.7. The lowest BCUT2D eigenvalue weighted by Crippen LogP contribution is -2.48. The lowest BCUT2D eigenvalue weighted by atomic mass is 9.87. The summed E-state index contributed by atoms with van der Waals surface area (Å²) >= 11 is 0. The van der Waals surface area contributed by atoms with Crippen LogP contribution in [0.1, 0.15) is 45.0 Å². The molecule has 3 saturated heterocycles. The first-order chi connectivity index (χ1) is 13.9. The summed E-state index contributed by atoms with van der Waals surface area (Å²) in [6, 6.07) is 6.44. The number of pyridine rings is 1. The fourth-order valence-electron chi connectivity index (χ4n) is 6.55. The maximum atomic E-state index is 5.47. The molecule has 0 aromatic carbocycles. The first-order valence-corrected chi connectivity index (χ1v) is 11.1. The van der Waals surface area contributed by atoms with E-state index in [2.05, 4.69) is 54.7 Å². The molecule has 1 unspecified atom stereocenters. The molecular formula is C23H29N5O. The second kappa shape index (κ2) is 5.03. The van der Waals surface area contributed by atoms with Crippen molar-refractivity contribution in [2.45, 2.75) is 56.7 Å². The van der Waals surface area contributed by atoms with Gasteiger partial charge in [0, 0.05) is 59.0 Å². The lowest BCUT2D eigenvalue weighted by Gasteiger charge is -2.34. The van der Waals surface area contributed by atoms with E-state index in [0.29, 0.717) is 17.5 Å². The minimum absolute atomic E-state index is 0.114. The average molecular weight is 392 g/mol. The number of hydrogen-bond acceptors (Lipinski definition) is 5. The monoisotopic (exact) mass is 391 g/mol. The Morgan fingerprint density at radius 1 is 1.24 bits per heavy atom. The minimum Gasteiger partial charge on any atom is -0.378 e. The molecular weight excluding hydrogens is 362 g/mol. The Bertz CT molecular complexity index is 1030. The molecule has 152 valence electrons. The molecule has 6 nitrogen and oxygen atoms in total. The van der Waals surface area contributed by atoms with Gasteiger partial charge in [-0.25, -0.2) is 4.98 Å². The van der Waals surface area contributed by atoms with Gasteiger partial charge in [0.25, 0.3) is 0 Å². The van der Waals surface area contributed by atoms with Crippen molar-refractivity contribution in [3.05, 3.63) is 29.6 Å². The zero-order chi connectivity index (χ0) is 19.7. The van der Waals surface area contributed by atoms with Gasteiger partial charge < -0.3 is 10.1 Å². The molecule has 5 fully saturated rings. The summed E-state index contributed by atoms with van der Waals surface area (Å²) in [4.78, 5) is 7.45. The highest BCUT2D eigenvalue weighted by atomic mass is 16.5. The third kappa shape index (κ3) is 1.91. The Morgan fingerprint density at radius 2 is 2.07 bits per heavy atom. The van der Waals surface area contributed by atoms with Crippen LogP contribution in [-0.4, -0.2) is 58.1 Å². The molecule has 2 bridgehead atoms. The number of fused-ring (bicyclic) bond motifs is 2. The molecule has 8 rings (SSSR count). The molecule has 6 heterocycles. The van der Waals surface area contributed by atoms with Crippen molar-refractivity contribution in [3.63, 3.8) is 0 Å². The van der Waals surface area contributed by atoms with Gasteiger partial charge in [-0.3, -0.25) is 9.58 Å². The van der Waals surface area contributed by atoms with Crippen molar-refractivity contribution in [2.24, 2.45) is 11.8 Å². The number of hydrogen-bond donors (Lipinski definition) is 1. The molecule has 0 spiro atoms. The van der Waals surface area contributed by atoms with Crippen LogP contribution in [0.4, 0.5) is 5.82 Å². The van der Waals surface area contributed by atoms with Gasteiger partial charge in [-0.15, -0.1) is 0 Å². The number of nitrogens with one attached hydrogen (secondary N) is 1. The summed E-state index contributed by atoms with van der Waals surface area (Å²) < 4.78 is 7.77. The lowest BCUT2D eigenvalue weighted by molar-refractivity contribution is -0.0601. The van der Waals surface area contributed by atoms with Crippen molar-refractivity contribution in [2.75, 3.05) is 31.6 Å². The van der Waals surface area contributed by atoms with Crippen molar-refractivity contribution < 1.29 is 4.74 Å². The Labute approximate surface area is 171 Å². The zero-order valence-corrected chi connectivity index (χ0v) is 17.6. The third-order valence-electron chi connectivity index (χ3n) is 8.34. The zero-order valence-electron chi connectivity index (χ0n) is 17.6. The molecule has 6 aliphatic rings. The van der Waals surface area contributed by atoms with E-state index in [0.717, 1.165) is 54.7 Å². The molecule has 0 amide bonds. The van der Waals surface area contributed by atoms with Gasteiger partial charge in [-0.1, -0.05) is 13.8 Å². The maximum absolute atomic E-state index is 5.47. The fourth-order valence-corrected chi connectivity index (χ4v) is 6.55. The Kier molecular flexibility index (Phi) is 2.92. The molecule has 6 heteroatoms. The summed E-state index contributed by atoms with van der Waals surface area (Å²) in [5.74, 6) is 2.71. The van der Waals surface area contributed by atoms with Crippen LogP contribution in [-0.2, 0) is 15.6 Å². The Balaban J connectivity index is 1.28. The molecule has 2 aromatic rings. The van der Waals surface area contributed by atoms with Crippen LogP contribution >= 0.6 is 0 Å². The normalized spacial score (nSPS) is 36.0. The van der Waals surface area contributed by atoms with Crippen molar-refractivity contribution in [3.8, 4) is 11.3 Å². The number of nitrogens with zero attached hydrogens (tertiary/aromatic N) is 4. The standard InChI is InChI=1S/C23H29N5O/c1-12(2)28-18(23-16-8-27(14-9-29-10-14)20(23)19(16)23)6-17(26-28)13-5-15-21(24-7-13)25-11-22(15,3)4/h5-7,12,14,16,19-20H,8-11H2,1-4H3,(H,24,25)/t16-,19-,20?,23-/m1/s1. The molecule has 2 saturated carbocycles. The van der Waals surface area contributed by atoms with Gasteiger partial charge in [-0.05, 0) is 37.8 Å². The van der Waals surface area contributed by atoms with Crippen molar-refractivity contribution in [1.82, 2.24) is 19.7 Å². The molecule has 1 N–H and O–H groups in total. The number of ether oxygens (including phenoxy) is 1. The average Bonchev–Trinajstić information content (AvgIpc) is 3.12. The summed E-state index contributed by atoms with van der Waals surface area (Å²) in [6.07, 6.45) is 1.99. The van der Waals surface area contributed by atoms with E-state index < -0.39 is 0 Å². The van der Waals surface area contributed by atoms with Crippen LogP contribution in [0.3, 0.4) is 0 Å². The number of anilines is 1. The van der Waals surface area contributed by atoms with E-state index in [9.17, 15) is 0 Å². The predicted molar refractivity (Wildman–Crippen MR) is 111 cm³/mol. The fraction of sp³-hybridized carbons (Fsp3) is 0.652. The summed E-state index contributed by atoms with van der Waals surface area (Å²) in [7, 11) is 0. The van der Waals surface area contributed by atoms with Crippen LogP contribution in [0.15, 0.2) is 18.3 Å². The molecule has 4 atom stereocenters. The van der Waals surface area contributed by atoms with Crippen LogP contribution in [0.2, 0.25) is 0 Å². The predicted octanol–water partition coefficient (Wildman–Crippen LogP) is 2.81. The van der Waals surface area contributed by atoms with Gasteiger partial charge in [0.05, 0.1) is 24.9 Å². The smallest absolute Gasteiger partial charge is 0.129 e. The number of piperidine rings is 1. The van der Waals surface area contributed by atoms with Crippen LogP contribution in [0.5, 0.6) is 0 Å². The first-order valence-electron chi connectivity index (χ1n) is 11.1. The molecule has 2 aliphatic carbocycles. The van der Waals surface area contributed by atoms with E-state index in [-0.39, 0.29) is 5.41 Å². The van der Waals surface area contributed by atoms with Gasteiger partial charge >= 0.3 is 0 Å². The van der Waals surface area contributed by atoms with Gasteiger partial charge in [0.2, 0.25) is 0 Å². The highest BCUT2D eigenvalue weighted by molar-refractivity contribution is 5.68. The topological polar surface area (TPSA) is 55.2 Å². The highest BCUT2D eigenvalue weighted by Gasteiger charge is 2.94. The van der Waals surface area contributed by atoms with Gasteiger partial charge in [0.15, 0.2) is 0 Å². The molecule has 29 heavy (non-hydrogen) atoms. The molecule has 0 radical (unpaired) electrons. The Hall–Kier alpha value is -1.92. The SMILES string of the molecule is CC(C)n1nc(-c2cnc3c(c2)C(C)(C)CN3)cc1[C@@]12C3[C@H]1[C@H]2CN3C1COC1. The Morgan fingerprint density at radius 3 is 2.76 bits per heavy atom. The maximum Gasteiger partial charge on any atom is 0.129 e. The van der Waals surface area contributed by atoms with E-state index in [4.69, 9.17) is 14.8 Å². The number of aromatic nitrogens is 3. The van der Waals surface area contributed by atoms with Crippen molar-refractivity contribution >= 4 is 5.82 Å². The van der Waals surface area contributed by atoms with Crippen LogP contribution in [0.25, 0.3) is 11.3 Å². The second-order valence-electron chi connectivity index (χ2n) is 10.7. The van der Waals surface area contributed by atoms with E-state index in [1.165, 1.54) is 17.8 Å². The van der Waals surface area contributed by atoms with E-state index >= 15 is 0 Å². The summed E-state index contributed by atoms with van der Waals surface area (Å²) in [5.41, 5.74) is 5.48. The minimum atomic E-state index is 0.114. The van der Waals surface area contributed by atoms with Gasteiger partial charge in [-0.2, -0.15) is 5.10 Å². The third-order valence-corrected chi connectivity index (χ3v) is 8.34. The largest absolute Gasteiger partial charge is 0.378 e. The van der Waals surface area contributed by atoms with Gasteiger partial charge in [0.1, 0.15) is 5.82 Å². The van der Waals surface area contributed by atoms with E-state index in [1.807, 2.05) is 6.20 Å². The first kappa shape index (κ1) is 16.8. The summed E-state index contributed by atoms with van der Waals surface area (Å²) in [5, 5.41) is 8.54. The quantitative estimate of drug-likeness (QED) is 0.869. The van der Waals surface area contributed by atoms with E-state index in [1.54, 1.807) is 0 Å². The van der Waals surface area contributed by atoms with Crippen LogP contribution in [0, 0.1) is 11.8 Å². The highest BCUT2D eigenvalue weighted by Crippen LogP contribution is 2.86. The molecule has 2 aromatic heterocycles.